The Kier molecular flexibility index (Phi) is 6.90. The topological polar surface area (TPSA) is 66.1 Å². The molecule has 2 fully saturated rings. The molecule has 1 unspecified atom stereocenters. The van der Waals surface area contributed by atoms with Crippen molar-refractivity contribution in [2.24, 2.45) is 4.99 Å². The summed E-state index contributed by atoms with van der Waals surface area (Å²) in [5.41, 5.74) is 1.05. The van der Waals surface area contributed by atoms with Crippen LogP contribution in [0.5, 0.6) is 0 Å². The van der Waals surface area contributed by atoms with Crippen molar-refractivity contribution >= 4 is 23.2 Å². The SMILES string of the molecule is Clc1cnccc1N1CCN(C(=NCC2CCCO2)NCCc2ccco2)CC1. The van der Waals surface area contributed by atoms with Gasteiger partial charge in [0.15, 0.2) is 5.96 Å². The number of hydrogen-bond acceptors (Lipinski definition) is 5. The number of aromatic nitrogens is 1. The lowest BCUT2D eigenvalue weighted by Crippen LogP contribution is -2.53. The number of aliphatic imine (C=N–C) groups is 1. The summed E-state index contributed by atoms with van der Waals surface area (Å²) in [6.07, 6.45) is 8.51. The van der Waals surface area contributed by atoms with Gasteiger partial charge in [0.1, 0.15) is 5.76 Å². The van der Waals surface area contributed by atoms with Crippen molar-refractivity contribution < 1.29 is 9.15 Å². The third kappa shape index (κ3) is 5.42. The Hall–Kier alpha value is -2.25. The second-order valence-electron chi connectivity index (χ2n) is 7.36. The summed E-state index contributed by atoms with van der Waals surface area (Å²) in [6.45, 7) is 5.90. The van der Waals surface area contributed by atoms with Gasteiger partial charge in [-0.25, -0.2) is 0 Å². The average Bonchev–Trinajstić information content (AvgIpc) is 3.45. The molecule has 0 saturated carbocycles. The van der Waals surface area contributed by atoms with E-state index in [0.717, 1.165) is 76.0 Å². The zero-order valence-electron chi connectivity index (χ0n) is 16.6. The van der Waals surface area contributed by atoms with Gasteiger partial charge in [0.25, 0.3) is 0 Å². The highest BCUT2D eigenvalue weighted by atomic mass is 35.5. The molecule has 1 atom stereocenters. The van der Waals surface area contributed by atoms with E-state index in [1.807, 2.05) is 18.2 Å². The number of furan rings is 1. The van der Waals surface area contributed by atoms with Crippen LogP contribution in [0.15, 0.2) is 46.3 Å². The Bertz CT molecular complexity index is 784. The molecular formula is C21H28ClN5O2. The lowest BCUT2D eigenvalue weighted by Gasteiger charge is -2.38. The van der Waals surface area contributed by atoms with Gasteiger partial charge in [0.05, 0.1) is 29.6 Å². The third-order valence-corrected chi connectivity index (χ3v) is 5.67. The molecule has 2 saturated heterocycles. The molecule has 8 heteroatoms. The Balaban J connectivity index is 1.36. The van der Waals surface area contributed by atoms with Gasteiger partial charge in [0, 0.05) is 58.1 Å². The highest BCUT2D eigenvalue weighted by Crippen LogP contribution is 2.25. The molecule has 156 valence electrons. The molecule has 0 aromatic carbocycles. The Morgan fingerprint density at radius 2 is 2.17 bits per heavy atom. The van der Waals surface area contributed by atoms with Crippen molar-refractivity contribution in [3.05, 3.63) is 47.6 Å². The summed E-state index contributed by atoms with van der Waals surface area (Å²) in [4.78, 5) is 13.6. The molecule has 4 heterocycles. The minimum atomic E-state index is 0.244. The van der Waals surface area contributed by atoms with E-state index in [1.165, 1.54) is 0 Å². The van der Waals surface area contributed by atoms with Gasteiger partial charge in [0.2, 0.25) is 0 Å². The second-order valence-corrected chi connectivity index (χ2v) is 7.76. The van der Waals surface area contributed by atoms with Crippen LogP contribution in [0.3, 0.4) is 0 Å². The van der Waals surface area contributed by atoms with Crippen molar-refractivity contribution in [2.45, 2.75) is 25.4 Å². The van der Waals surface area contributed by atoms with Gasteiger partial charge >= 0.3 is 0 Å². The van der Waals surface area contributed by atoms with E-state index in [9.17, 15) is 0 Å². The highest BCUT2D eigenvalue weighted by Gasteiger charge is 2.22. The lowest BCUT2D eigenvalue weighted by molar-refractivity contribution is 0.117. The van der Waals surface area contributed by atoms with E-state index >= 15 is 0 Å². The second kappa shape index (κ2) is 9.98. The van der Waals surface area contributed by atoms with Crippen LogP contribution in [-0.4, -0.2) is 67.8 Å². The summed E-state index contributed by atoms with van der Waals surface area (Å²) in [6, 6.07) is 5.90. The maximum Gasteiger partial charge on any atom is 0.194 e. The van der Waals surface area contributed by atoms with Crippen LogP contribution in [0.25, 0.3) is 0 Å². The largest absolute Gasteiger partial charge is 0.469 e. The highest BCUT2D eigenvalue weighted by molar-refractivity contribution is 6.33. The molecule has 0 bridgehead atoms. The molecule has 0 spiro atoms. The first kappa shape index (κ1) is 20.0. The number of guanidine groups is 1. The van der Waals surface area contributed by atoms with Crippen LogP contribution in [0, 0.1) is 0 Å². The average molecular weight is 418 g/mol. The Labute approximate surface area is 176 Å². The van der Waals surface area contributed by atoms with E-state index in [4.69, 9.17) is 25.7 Å². The van der Waals surface area contributed by atoms with Crippen LogP contribution in [0.1, 0.15) is 18.6 Å². The summed E-state index contributed by atoms with van der Waals surface area (Å²) in [5, 5.41) is 4.22. The van der Waals surface area contributed by atoms with Crippen LogP contribution in [0.4, 0.5) is 5.69 Å². The van der Waals surface area contributed by atoms with Gasteiger partial charge in [-0.1, -0.05) is 11.6 Å². The van der Waals surface area contributed by atoms with Gasteiger partial charge in [-0.05, 0) is 31.0 Å². The van der Waals surface area contributed by atoms with Gasteiger partial charge in [-0.3, -0.25) is 9.98 Å². The zero-order valence-corrected chi connectivity index (χ0v) is 17.4. The minimum absolute atomic E-state index is 0.244. The smallest absolute Gasteiger partial charge is 0.194 e. The molecule has 0 radical (unpaired) electrons. The quantitative estimate of drug-likeness (QED) is 0.576. The maximum absolute atomic E-state index is 6.32. The van der Waals surface area contributed by atoms with Crippen molar-refractivity contribution in [3.63, 3.8) is 0 Å². The fraction of sp³-hybridized carbons (Fsp3) is 0.524. The first-order valence-electron chi connectivity index (χ1n) is 10.3. The summed E-state index contributed by atoms with van der Waals surface area (Å²) < 4.78 is 11.2. The number of halogens is 1. The van der Waals surface area contributed by atoms with E-state index in [-0.39, 0.29) is 6.10 Å². The number of ether oxygens (including phenoxy) is 1. The first-order chi connectivity index (χ1) is 14.3. The van der Waals surface area contributed by atoms with Crippen LogP contribution < -0.4 is 10.2 Å². The molecule has 0 aliphatic carbocycles. The number of hydrogen-bond donors (Lipinski definition) is 1. The fourth-order valence-corrected chi connectivity index (χ4v) is 4.02. The van der Waals surface area contributed by atoms with Gasteiger partial charge < -0.3 is 24.3 Å². The molecule has 0 amide bonds. The molecule has 1 N–H and O–H groups in total. The number of piperazine rings is 1. The number of anilines is 1. The molecular weight excluding hydrogens is 390 g/mol. The number of nitrogens with zero attached hydrogens (tertiary/aromatic N) is 4. The summed E-state index contributed by atoms with van der Waals surface area (Å²) >= 11 is 6.32. The number of pyridine rings is 1. The predicted molar refractivity (Wildman–Crippen MR) is 115 cm³/mol. The molecule has 29 heavy (non-hydrogen) atoms. The van der Waals surface area contributed by atoms with Crippen molar-refractivity contribution in [2.75, 3.05) is 50.8 Å². The van der Waals surface area contributed by atoms with Crippen LogP contribution in [0.2, 0.25) is 5.02 Å². The number of rotatable bonds is 6. The van der Waals surface area contributed by atoms with E-state index < -0.39 is 0 Å². The Morgan fingerprint density at radius 3 is 2.90 bits per heavy atom. The lowest BCUT2D eigenvalue weighted by atomic mass is 10.2. The fourth-order valence-electron chi connectivity index (χ4n) is 3.78. The zero-order chi connectivity index (χ0) is 19.9. The van der Waals surface area contributed by atoms with Crippen LogP contribution in [-0.2, 0) is 11.2 Å². The maximum atomic E-state index is 6.32. The standard InChI is InChI=1S/C21H28ClN5O2/c22-19-16-23-7-6-20(19)26-9-11-27(12-10-26)21(25-15-18-4-2-14-29-18)24-8-5-17-3-1-13-28-17/h1,3,6-7,13,16,18H,2,4-5,8-12,14-15H2,(H,24,25). The van der Waals surface area contributed by atoms with Crippen molar-refractivity contribution in [1.29, 1.82) is 0 Å². The predicted octanol–water partition coefficient (Wildman–Crippen LogP) is 2.82. The Morgan fingerprint density at radius 1 is 1.28 bits per heavy atom. The number of nitrogens with one attached hydrogen (secondary N) is 1. The van der Waals surface area contributed by atoms with E-state index in [0.29, 0.717) is 11.6 Å². The van der Waals surface area contributed by atoms with Gasteiger partial charge in [-0.2, -0.15) is 0 Å². The normalized spacial score (nSPS) is 20.3. The van der Waals surface area contributed by atoms with Gasteiger partial charge in [-0.15, -0.1) is 0 Å². The van der Waals surface area contributed by atoms with Crippen molar-refractivity contribution in [1.82, 2.24) is 15.2 Å². The summed E-state index contributed by atoms with van der Waals surface area (Å²) in [7, 11) is 0. The monoisotopic (exact) mass is 417 g/mol. The van der Waals surface area contributed by atoms with E-state index in [2.05, 4.69) is 20.1 Å². The molecule has 4 rings (SSSR count). The summed E-state index contributed by atoms with van der Waals surface area (Å²) in [5.74, 6) is 1.93. The van der Waals surface area contributed by atoms with Crippen LogP contribution >= 0.6 is 11.6 Å². The molecule has 2 aliphatic rings. The van der Waals surface area contributed by atoms with Crippen molar-refractivity contribution in [3.8, 4) is 0 Å². The molecule has 7 nitrogen and oxygen atoms in total. The minimum Gasteiger partial charge on any atom is -0.469 e. The molecule has 2 aromatic heterocycles. The molecule has 2 aromatic rings. The first-order valence-corrected chi connectivity index (χ1v) is 10.7. The third-order valence-electron chi connectivity index (χ3n) is 5.37. The molecule has 2 aliphatic heterocycles. The van der Waals surface area contributed by atoms with E-state index in [1.54, 1.807) is 18.7 Å².